The zero-order valence-electron chi connectivity index (χ0n) is 18.2. The van der Waals surface area contributed by atoms with Crippen LogP contribution in [0.1, 0.15) is 50.7 Å². The standard InChI is InChI=1S/C22H32N2O6/c1-5-28-22(27)24-10-8-17(9-11-24)23-20(25)13-30-21(26)14-29-19-12-16(4)6-7-18(19)15(2)3/h6-7,12,15,17H,5,8-11,13-14H2,1-4H3,(H,23,25). The second-order valence-corrected chi connectivity index (χ2v) is 7.67. The van der Waals surface area contributed by atoms with Gasteiger partial charge in [0.05, 0.1) is 6.61 Å². The maximum atomic E-state index is 12.1. The highest BCUT2D eigenvalue weighted by Crippen LogP contribution is 2.27. The Hall–Kier alpha value is -2.77. The van der Waals surface area contributed by atoms with Gasteiger partial charge in [-0.25, -0.2) is 9.59 Å². The highest BCUT2D eigenvalue weighted by molar-refractivity contribution is 5.81. The molecule has 0 bridgehead atoms. The number of hydrogen-bond donors (Lipinski definition) is 1. The second kappa shape index (κ2) is 11.4. The first kappa shape index (κ1) is 23.5. The molecule has 8 nitrogen and oxygen atoms in total. The lowest BCUT2D eigenvalue weighted by Crippen LogP contribution is -2.47. The van der Waals surface area contributed by atoms with Gasteiger partial charge < -0.3 is 24.4 Å². The largest absolute Gasteiger partial charge is 0.482 e. The smallest absolute Gasteiger partial charge is 0.409 e. The normalized spacial score (nSPS) is 14.4. The van der Waals surface area contributed by atoms with E-state index in [9.17, 15) is 14.4 Å². The molecule has 2 amide bonds. The first-order chi connectivity index (χ1) is 14.3. The van der Waals surface area contributed by atoms with Crippen LogP contribution in [0.3, 0.4) is 0 Å². The van der Waals surface area contributed by atoms with Crippen molar-refractivity contribution in [1.82, 2.24) is 10.2 Å². The molecule has 0 saturated carbocycles. The summed E-state index contributed by atoms with van der Waals surface area (Å²) in [6.07, 6.45) is 0.935. The molecular weight excluding hydrogens is 388 g/mol. The fourth-order valence-corrected chi connectivity index (χ4v) is 3.26. The lowest BCUT2D eigenvalue weighted by molar-refractivity contribution is -0.150. The van der Waals surface area contributed by atoms with Crippen molar-refractivity contribution in [1.29, 1.82) is 0 Å². The number of amides is 2. The molecule has 1 N–H and O–H groups in total. The van der Waals surface area contributed by atoms with Crippen LogP contribution in [-0.2, 0) is 19.1 Å². The number of nitrogens with one attached hydrogen (secondary N) is 1. The van der Waals surface area contributed by atoms with Gasteiger partial charge in [0.25, 0.3) is 5.91 Å². The van der Waals surface area contributed by atoms with E-state index in [2.05, 4.69) is 19.2 Å². The Balaban J connectivity index is 1.70. The average Bonchev–Trinajstić information content (AvgIpc) is 2.71. The van der Waals surface area contributed by atoms with Gasteiger partial charge in [0.15, 0.2) is 13.2 Å². The summed E-state index contributed by atoms with van der Waals surface area (Å²) in [5, 5.41) is 2.84. The number of piperidine rings is 1. The van der Waals surface area contributed by atoms with Gasteiger partial charge in [0, 0.05) is 19.1 Å². The molecule has 166 valence electrons. The van der Waals surface area contributed by atoms with Crippen molar-refractivity contribution in [3.05, 3.63) is 29.3 Å². The fraction of sp³-hybridized carbons (Fsp3) is 0.591. The quantitative estimate of drug-likeness (QED) is 0.650. The first-order valence-electron chi connectivity index (χ1n) is 10.4. The summed E-state index contributed by atoms with van der Waals surface area (Å²) < 4.78 is 15.6. The highest BCUT2D eigenvalue weighted by Gasteiger charge is 2.24. The Labute approximate surface area is 177 Å². The van der Waals surface area contributed by atoms with Crippen molar-refractivity contribution < 1.29 is 28.6 Å². The van der Waals surface area contributed by atoms with E-state index in [1.807, 2.05) is 25.1 Å². The molecule has 1 aromatic rings. The number of nitrogens with zero attached hydrogens (tertiary/aromatic N) is 1. The topological polar surface area (TPSA) is 94.2 Å². The fourth-order valence-electron chi connectivity index (χ4n) is 3.26. The van der Waals surface area contributed by atoms with Crippen molar-refractivity contribution in [2.45, 2.75) is 52.5 Å². The molecule has 1 saturated heterocycles. The predicted molar refractivity (Wildman–Crippen MR) is 111 cm³/mol. The Kier molecular flexibility index (Phi) is 8.95. The van der Waals surface area contributed by atoms with Gasteiger partial charge >= 0.3 is 12.1 Å². The van der Waals surface area contributed by atoms with Crippen LogP contribution < -0.4 is 10.1 Å². The van der Waals surface area contributed by atoms with E-state index >= 15 is 0 Å². The lowest BCUT2D eigenvalue weighted by atomic mass is 10.0. The van der Waals surface area contributed by atoms with E-state index < -0.39 is 5.97 Å². The van der Waals surface area contributed by atoms with Crippen molar-refractivity contribution in [3.8, 4) is 5.75 Å². The molecule has 1 aliphatic rings. The van der Waals surface area contributed by atoms with Crippen LogP contribution in [0.25, 0.3) is 0 Å². The van der Waals surface area contributed by atoms with E-state index in [1.54, 1.807) is 11.8 Å². The summed E-state index contributed by atoms with van der Waals surface area (Å²) >= 11 is 0. The summed E-state index contributed by atoms with van der Waals surface area (Å²) in [6.45, 7) is 8.60. The molecule has 8 heteroatoms. The second-order valence-electron chi connectivity index (χ2n) is 7.67. The monoisotopic (exact) mass is 420 g/mol. The molecule has 30 heavy (non-hydrogen) atoms. The van der Waals surface area contributed by atoms with E-state index in [0.717, 1.165) is 11.1 Å². The number of aryl methyl sites for hydroxylation is 1. The number of benzene rings is 1. The van der Waals surface area contributed by atoms with E-state index in [0.29, 0.717) is 38.3 Å². The number of rotatable bonds is 8. The molecule has 0 aliphatic carbocycles. The summed E-state index contributed by atoms with van der Waals surface area (Å²) in [6, 6.07) is 5.82. The van der Waals surface area contributed by atoms with Gasteiger partial charge in [-0.2, -0.15) is 0 Å². The predicted octanol–water partition coefficient (Wildman–Crippen LogP) is 2.78. The Bertz CT molecular complexity index is 741. The zero-order chi connectivity index (χ0) is 22.1. The van der Waals surface area contributed by atoms with Crippen LogP contribution in [0.15, 0.2) is 18.2 Å². The Morgan fingerprint density at radius 1 is 1.13 bits per heavy atom. The average molecular weight is 421 g/mol. The highest BCUT2D eigenvalue weighted by atomic mass is 16.6. The van der Waals surface area contributed by atoms with Crippen LogP contribution in [0.2, 0.25) is 0 Å². The van der Waals surface area contributed by atoms with Crippen LogP contribution in [-0.4, -0.2) is 61.8 Å². The van der Waals surface area contributed by atoms with Gasteiger partial charge in [-0.1, -0.05) is 26.0 Å². The summed E-state index contributed by atoms with van der Waals surface area (Å²) in [7, 11) is 0. The minimum absolute atomic E-state index is 0.0565. The number of esters is 1. The molecule has 1 heterocycles. The number of carbonyl (C=O) groups is 3. The van der Waals surface area contributed by atoms with E-state index in [4.69, 9.17) is 14.2 Å². The van der Waals surface area contributed by atoms with Crippen molar-refractivity contribution in [2.75, 3.05) is 32.9 Å². The molecule has 1 aromatic carbocycles. The molecule has 0 aromatic heterocycles. The number of ether oxygens (including phenoxy) is 3. The minimum atomic E-state index is -0.599. The summed E-state index contributed by atoms with van der Waals surface area (Å²) in [5.74, 6) is -0.0488. The maximum absolute atomic E-state index is 12.1. The lowest BCUT2D eigenvalue weighted by Gasteiger charge is -2.31. The Morgan fingerprint density at radius 2 is 1.83 bits per heavy atom. The first-order valence-corrected chi connectivity index (χ1v) is 10.4. The van der Waals surface area contributed by atoms with Crippen molar-refractivity contribution in [2.24, 2.45) is 0 Å². The molecule has 0 atom stereocenters. The minimum Gasteiger partial charge on any atom is -0.482 e. The number of hydrogen-bond acceptors (Lipinski definition) is 6. The van der Waals surface area contributed by atoms with Gasteiger partial charge in [-0.15, -0.1) is 0 Å². The van der Waals surface area contributed by atoms with Crippen molar-refractivity contribution >= 4 is 18.0 Å². The summed E-state index contributed by atoms with van der Waals surface area (Å²) in [4.78, 5) is 37.4. The van der Waals surface area contributed by atoms with Crippen LogP contribution >= 0.6 is 0 Å². The van der Waals surface area contributed by atoms with Crippen molar-refractivity contribution in [3.63, 3.8) is 0 Å². The van der Waals surface area contributed by atoms with Gasteiger partial charge in [0.2, 0.25) is 0 Å². The van der Waals surface area contributed by atoms with Crippen LogP contribution in [0.4, 0.5) is 4.79 Å². The SMILES string of the molecule is CCOC(=O)N1CCC(NC(=O)COC(=O)COc2cc(C)ccc2C(C)C)CC1. The third-order valence-corrected chi connectivity index (χ3v) is 4.89. The summed E-state index contributed by atoms with van der Waals surface area (Å²) in [5.41, 5.74) is 2.05. The number of likely N-dealkylation sites (tertiary alicyclic amines) is 1. The molecule has 0 unspecified atom stereocenters. The molecular formula is C22H32N2O6. The molecule has 2 rings (SSSR count). The third-order valence-electron chi connectivity index (χ3n) is 4.89. The van der Waals surface area contributed by atoms with E-state index in [1.165, 1.54) is 0 Å². The molecule has 1 aliphatic heterocycles. The van der Waals surface area contributed by atoms with E-state index in [-0.39, 0.29) is 37.2 Å². The maximum Gasteiger partial charge on any atom is 0.409 e. The van der Waals surface area contributed by atoms with Gasteiger partial charge in [-0.05, 0) is 49.8 Å². The number of carbonyl (C=O) groups excluding carboxylic acids is 3. The third kappa shape index (κ3) is 7.24. The zero-order valence-corrected chi connectivity index (χ0v) is 18.2. The molecule has 1 fully saturated rings. The molecule has 0 radical (unpaired) electrons. The van der Waals surface area contributed by atoms with Gasteiger partial charge in [-0.3, -0.25) is 4.79 Å². The van der Waals surface area contributed by atoms with Gasteiger partial charge in [0.1, 0.15) is 5.75 Å². The molecule has 0 spiro atoms. The van der Waals surface area contributed by atoms with Crippen LogP contribution in [0.5, 0.6) is 5.75 Å². The Morgan fingerprint density at radius 3 is 2.47 bits per heavy atom. The van der Waals surface area contributed by atoms with Crippen LogP contribution in [0, 0.1) is 6.92 Å².